The zero-order chi connectivity index (χ0) is 48.1. The quantitative estimate of drug-likeness (QED) is 0.0236. The minimum Gasteiger partial charge on any atom is -0.457 e. The Morgan fingerprint density at radius 1 is 0.485 bits per heavy atom. The van der Waals surface area contributed by atoms with E-state index in [1.807, 2.05) is 0 Å². The molecule has 0 aromatic rings. The lowest BCUT2D eigenvalue weighted by Crippen LogP contribution is -2.29. The number of allylic oxidation sites excluding steroid dienone is 10. The van der Waals surface area contributed by atoms with E-state index < -0.39 is 33.2 Å². The predicted octanol–water partition coefficient (Wildman–Crippen LogP) is 16.3. The number of aliphatic hydroxyl groups is 2. The third-order valence-corrected chi connectivity index (χ3v) is 12.7. The molecular weight excluding hydrogens is 848 g/mol. The lowest BCUT2D eigenvalue weighted by Gasteiger charge is -2.20. The maximum absolute atomic E-state index is 12.7. The van der Waals surface area contributed by atoms with Crippen molar-refractivity contribution in [2.75, 3.05) is 33.0 Å². The summed E-state index contributed by atoms with van der Waals surface area (Å²) in [6, 6.07) is 0. The van der Waals surface area contributed by atoms with Gasteiger partial charge in [-0.1, -0.05) is 242 Å². The van der Waals surface area contributed by atoms with E-state index in [2.05, 4.69) is 74.6 Å². The molecule has 0 saturated heterocycles. The van der Waals surface area contributed by atoms with Crippen LogP contribution in [0.5, 0.6) is 0 Å². The molecule has 0 amide bonds. The number of ether oxygens (including phenoxy) is 2. The number of phosphoric ester groups is 1. The van der Waals surface area contributed by atoms with Crippen molar-refractivity contribution in [1.29, 1.82) is 0 Å². The summed E-state index contributed by atoms with van der Waals surface area (Å²) < 4.78 is 33.6. The van der Waals surface area contributed by atoms with Gasteiger partial charge in [-0.2, -0.15) is 0 Å². The van der Waals surface area contributed by atoms with Crippen molar-refractivity contribution in [1.82, 2.24) is 0 Å². The second kappa shape index (κ2) is 52.5. The van der Waals surface area contributed by atoms with Gasteiger partial charge in [-0.05, 0) is 57.8 Å². The summed E-state index contributed by atoms with van der Waals surface area (Å²) >= 11 is 0. The first-order chi connectivity index (χ1) is 32.3. The molecule has 0 saturated carbocycles. The Kier molecular flexibility index (Phi) is 51.1. The Labute approximate surface area is 406 Å². The highest BCUT2D eigenvalue weighted by atomic mass is 31.2. The van der Waals surface area contributed by atoms with Crippen molar-refractivity contribution >= 4 is 13.8 Å². The van der Waals surface area contributed by atoms with E-state index in [9.17, 15) is 19.4 Å². The van der Waals surface area contributed by atoms with Crippen LogP contribution >= 0.6 is 7.82 Å². The first-order valence-corrected chi connectivity index (χ1v) is 28.8. The molecule has 0 bridgehead atoms. The van der Waals surface area contributed by atoms with Crippen LogP contribution in [0.15, 0.2) is 60.8 Å². The SMILES string of the molecule is CC/C=C\C/C=C\C/C=C\C/C=C\C/C=C\CCCCCCCCOCC(COP(=O)(O)OCC(O)CO)OC(=O)CCCCCCCCCCCCCCCCCCCCCCCCC. The van der Waals surface area contributed by atoms with Gasteiger partial charge in [0, 0.05) is 13.0 Å². The molecule has 0 radical (unpaired) electrons. The minimum atomic E-state index is -4.53. The zero-order valence-electron chi connectivity index (χ0n) is 42.7. The molecule has 3 unspecified atom stereocenters. The van der Waals surface area contributed by atoms with Crippen molar-refractivity contribution < 1.29 is 43.0 Å². The highest BCUT2D eigenvalue weighted by molar-refractivity contribution is 7.47. The van der Waals surface area contributed by atoms with Gasteiger partial charge in [0.05, 0.1) is 26.4 Å². The van der Waals surface area contributed by atoms with E-state index in [-0.39, 0.29) is 25.6 Å². The summed E-state index contributed by atoms with van der Waals surface area (Å²) in [4.78, 5) is 22.7. The lowest BCUT2D eigenvalue weighted by molar-refractivity contribution is -0.154. The maximum atomic E-state index is 12.7. The number of hydrogen-bond donors (Lipinski definition) is 3. The lowest BCUT2D eigenvalue weighted by atomic mass is 10.0. The Morgan fingerprint density at radius 2 is 0.864 bits per heavy atom. The number of unbranched alkanes of at least 4 members (excludes halogenated alkanes) is 28. The van der Waals surface area contributed by atoms with Crippen LogP contribution in [0.2, 0.25) is 0 Å². The zero-order valence-corrected chi connectivity index (χ0v) is 43.6. The molecule has 0 heterocycles. The first kappa shape index (κ1) is 64.2. The molecule has 66 heavy (non-hydrogen) atoms. The van der Waals surface area contributed by atoms with Gasteiger partial charge in [-0.25, -0.2) is 4.57 Å². The van der Waals surface area contributed by atoms with Gasteiger partial charge >= 0.3 is 13.8 Å². The second-order valence-electron chi connectivity index (χ2n) is 18.2. The number of phosphoric acid groups is 1. The summed E-state index contributed by atoms with van der Waals surface area (Å²) in [6.45, 7) is 3.41. The topological polar surface area (TPSA) is 132 Å². The normalized spacial score (nSPS) is 14.2. The first-order valence-electron chi connectivity index (χ1n) is 27.3. The molecule has 0 aliphatic carbocycles. The van der Waals surface area contributed by atoms with Gasteiger partial charge in [0.25, 0.3) is 0 Å². The number of esters is 1. The number of carbonyl (C=O) groups is 1. The fourth-order valence-electron chi connectivity index (χ4n) is 7.62. The average molecular weight is 951 g/mol. The molecule has 0 spiro atoms. The Balaban J connectivity index is 4.06. The molecule has 9 nitrogen and oxygen atoms in total. The van der Waals surface area contributed by atoms with E-state index in [0.717, 1.165) is 77.0 Å². The van der Waals surface area contributed by atoms with Crippen LogP contribution in [0, 0.1) is 0 Å². The van der Waals surface area contributed by atoms with Gasteiger partial charge < -0.3 is 24.6 Å². The highest BCUT2D eigenvalue weighted by Crippen LogP contribution is 2.43. The van der Waals surface area contributed by atoms with Crippen LogP contribution < -0.4 is 0 Å². The smallest absolute Gasteiger partial charge is 0.457 e. The van der Waals surface area contributed by atoms with Crippen molar-refractivity contribution in [3.63, 3.8) is 0 Å². The molecular formula is C56H103O9P. The molecule has 3 atom stereocenters. The summed E-state index contributed by atoms with van der Waals surface area (Å²) in [5.74, 6) is -0.385. The fourth-order valence-corrected chi connectivity index (χ4v) is 8.41. The number of hydrogen-bond acceptors (Lipinski definition) is 8. The van der Waals surface area contributed by atoms with Crippen LogP contribution in [0.25, 0.3) is 0 Å². The molecule has 0 aromatic carbocycles. The number of aliphatic hydroxyl groups excluding tert-OH is 2. The standard InChI is InChI=1S/C56H103O9P/c1-3-5-7-9-11-13-15-17-19-21-23-25-27-28-30-32-34-36-38-40-42-44-46-48-56(59)65-55(53-64-66(60,61)63-51-54(58)50-57)52-62-49-47-45-43-41-39-37-35-33-31-29-26-24-22-20-18-16-14-12-10-8-6-4-2/h6,8,12,14,18,20,24,26,31,33,54-55,57-58H,3-5,7,9-11,13,15-17,19,21-23,25,27-30,32,34-53H2,1-2H3,(H,60,61)/b8-6-,14-12-,20-18-,26-24-,33-31-. The number of rotatable bonds is 52. The molecule has 0 aliphatic rings. The molecule has 10 heteroatoms. The monoisotopic (exact) mass is 951 g/mol. The molecule has 0 fully saturated rings. The minimum absolute atomic E-state index is 0.0393. The Bertz CT molecular complexity index is 1220. The van der Waals surface area contributed by atoms with Gasteiger partial charge in [-0.3, -0.25) is 13.8 Å². The van der Waals surface area contributed by atoms with Gasteiger partial charge in [-0.15, -0.1) is 0 Å². The van der Waals surface area contributed by atoms with Crippen molar-refractivity contribution in [3.05, 3.63) is 60.8 Å². The van der Waals surface area contributed by atoms with Crippen LogP contribution in [0.4, 0.5) is 0 Å². The van der Waals surface area contributed by atoms with Gasteiger partial charge in [0.1, 0.15) is 12.2 Å². The van der Waals surface area contributed by atoms with Crippen LogP contribution in [-0.2, 0) is 27.9 Å². The third kappa shape index (κ3) is 51.5. The Morgan fingerprint density at radius 3 is 1.30 bits per heavy atom. The summed E-state index contributed by atoms with van der Waals surface area (Å²) in [6.07, 6.45) is 63.4. The fraction of sp³-hybridized carbons (Fsp3) is 0.804. The summed E-state index contributed by atoms with van der Waals surface area (Å²) in [5.41, 5.74) is 0. The van der Waals surface area contributed by atoms with E-state index >= 15 is 0 Å². The summed E-state index contributed by atoms with van der Waals surface area (Å²) in [7, 11) is -4.53. The van der Waals surface area contributed by atoms with Crippen molar-refractivity contribution in [2.45, 2.75) is 257 Å². The van der Waals surface area contributed by atoms with E-state index in [0.29, 0.717) is 6.61 Å². The predicted molar refractivity (Wildman–Crippen MR) is 279 cm³/mol. The van der Waals surface area contributed by atoms with Crippen molar-refractivity contribution in [2.24, 2.45) is 0 Å². The Hall–Kier alpha value is -1.84. The second-order valence-corrected chi connectivity index (χ2v) is 19.7. The highest BCUT2D eigenvalue weighted by Gasteiger charge is 2.26. The van der Waals surface area contributed by atoms with E-state index in [1.54, 1.807) is 0 Å². The van der Waals surface area contributed by atoms with Crippen LogP contribution in [0.3, 0.4) is 0 Å². The average Bonchev–Trinajstić information content (AvgIpc) is 3.31. The number of carbonyl (C=O) groups excluding carboxylic acids is 1. The molecule has 0 aliphatic heterocycles. The largest absolute Gasteiger partial charge is 0.472 e. The van der Waals surface area contributed by atoms with Crippen molar-refractivity contribution in [3.8, 4) is 0 Å². The molecule has 386 valence electrons. The van der Waals surface area contributed by atoms with Gasteiger partial charge in [0.15, 0.2) is 0 Å². The maximum Gasteiger partial charge on any atom is 0.472 e. The van der Waals surface area contributed by atoms with E-state index in [1.165, 1.54) is 148 Å². The van der Waals surface area contributed by atoms with Crippen LogP contribution in [0.1, 0.15) is 245 Å². The summed E-state index contributed by atoms with van der Waals surface area (Å²) in [5, 5.41) is 18.4. The molecule has 0 rings (SSSR count). The third-order valence-electron chi connectivity index (χ3n) is 11.7. The molecule has 3 N–H and O–H groups in total. The van der Waals surface area contributed by atoms with E-state index in [4.69, 9.17) is 23.6 Å². The van der Waals surface area contributed by atoms with Crippen LogP contribution in [-0.4, -0.2) is 66.3 Å². The van der Waals surface area contributed by atoms with Gasteiger partial charge in [0.2, 0.25) is 0 Å². The molecule has 0 aromatic heterocycles.